The Kier molecular flexibility index (Phi) is 4.81. The monoisotopic (exact) mass is 380 g/mol. The predicted octanol–water partition coefficient (Wildman–Crippen LogP) is 2.27. The van der Waals surface area contributed by atoms with Crippen LogP contribution in [-0.2, 0) is 13.1 Å². The summed E-state index contributed by atoms with van der Waals surface area (Å²) in [5.74, 6) is 2.92. The molecule has 1 unspecified atom stereocenters. The van der Waals surface area contributed by atoms with E-state index in [0.717, 1.165) is 29.6 Å². The fourth-order valence-electron chi connectivity index (χ4n) is 3.46. The highest BCUT2D eigenvalue weighted by molar-refractivity contribution is 5.74. The van der Waals surface area contributed by atoms with Crippen molar-refractivity contribution in [1.82, 2.24) is 39.5 Å². The molecule has 28 heavy (non-hydrogen) atoms. The van der Waals surface area contributed by atoms with E-state index in [4.69, 9.17) is 0 Å². The fraction of sp³-hybridized carbons (Fsp3) is 0.421. The molecule has 0 saturated heterocycles. The summed E-state index contributed by atoms with van der Waals surface area (Å²) in [5.41, 5.74) is 0.937. The molecule has 1 aliphatic rings. The molecule has 9 heteroatoms. The molecule has 1 N–H and O–H groups in total. The maximum absolute atomic E-state index is 12.7. The van der Waals surface area contributed by atoms with Crippen LogP contribution in [-0.4, -0.2) is 46.8 Å². The van der Waals surface area contributed by atoms with Crippen LogP contribution >= 0.6 is 0 Å². The summed E-state index contributed by atoms with van der Waals surface area (Å²) in [7, 11) is 0. The van der Waals surface area contributed by atoms with Gasteiger partial charge in [-0.25, -0.2) is 14.8 Å². The molecule has 1 aliphatic heterocycles. The van der Waals surface area contributed by atoms with Gasteiger partial charge in [0, 0.05) is 44.1 Å². The van der Waals surface area contributed by atoms with Crippen LogP contribution in [0.2, 0.25) is 0 Å². The van der Waals surface area contributed by atoms with E-state index in [0.29, 0.717) is 19.0 Å². The topological polar surface area (TPSA) is 93.8 Å². The summed E-state index contributed by atoms with van der Waals surface area (Å²) in [5, 5.41) is 11.6. The first-order chi connectivity index (χ1) is 13.5. The van der Waals surface area contributed by atoms with Crippen molar-refractivity contribution >= 4 is 6.03 Å². The lowest BCUT2D eigenvalue weighted by atomic mass is 10.1. The Hall–Kier alpha value is -3.23. The Balaban J connectivity index is 1.39. The second kappa shape index (κ2) is 7.41. The number of fused-ring (bicyclic) bond motifs is 1. The Morgan fingerprint density at radius 1 is 1.29 bits per heavy atom. The molecule has 0 radical (unpaired) electrons. The van der Waals surface area contributed by atoms with E-state index in [1.807, 2.05) is 29.8 Å². The molecule has 0 bridgehead atoms. The molecule has 3 aromatic rings. The lowest BCUT2D eigenvalue weighted by Gasteiger charge is -2.34. The Morgan fingerprint density at radius 2 is 2.14 bits per heavy atom. The van der Waals surface area contributed by atoms with Crippen molar-refractivity contribution in [1.29, 1.82) is 0 Å². The summed E-state index contributed by atoms with van der Waals surface area (Å²) >= 11 is 0. The number of rotatable bonds is 4. The average molecular weight is 380 g/mol. The number of carbonyl (C=O) groups excluding carboxylic acids is 1. The van der Waals surface area contributed by atoms with Crippen molar-refractivity contribution in [3.05, 3.63) is 54.3 Å². The third-order valence-corrected chi connectivity index (χ3v) is 5.01. The summed E-state index contributed by atoms with van der Waals surface area (Å²) in [4.78, 5) is 22.9. The van der Waals surface area contributed by atoms with E-state index in [1.165, 1.54) is 0 Å². The van der Waals surface area contributed by atoms with Gasteiger partial charge in [0.05, 0.1) is 6.04 Å². The molecule has 3 aromatic heterocycles. The minimum atomic E-state index is -0.115. The molecule has 2 amide bonds. The predicted molar refractivity (Wildman–Crippen MR) is 103 cm³/mol. The van der Waals surface area contributed by atoms with E-state index < -0.39 is 0 Å². The van der Waals surface area contributed by atoms with Gasteiger partial charge in [0.25, 0.3) is 0 Å². The van der Waals surface area contributed by atoms with Gasteiger partial charge in [0.15, 0.2) is 5.82 Å². The summed E-state index contributed by atoms with van der Waals surface area (Å²) < 4.78 is 3.97. The highest BCUT2D eigenvalue weighted by Crippen LogP contribution is 2.26. The van der Waals surface area contributed by atoms with Crippen LogP contribution in [0.3, 0.4) is 0 Å². The van der Waals surface area contributed by atoms with Crippen molar-refractivity contribution in [3.63, 3.8) is 0 Å². The van der Waals surface area contributed by atoms with Crippen molar-refractivity contribution < 1.29 is 4.79 Å². The van der Waals surface area contributed by atoms with Crippen molar-refractivity contribution in [2.45, 2.75) is 45.8 Å². The van der Waals surface area contributed by atoms with Crippen LogP contribution < -0.4 is 5.32 Å². The molecule has 0 saturated carbocycles. The molecule has 0 aromatic carbocycles. The maximum atomic E-state index is 12.7. The highest BCUT2D eigenvalue weighted by atomic mass is 16.2. The van der Waals surface area contributed by atoms with Crippen molar-refractivity contribution in [2.24, 2.45) is 0 Å². The van der Waals surface area contributed by atoms with Crippen LogP contribution in [0.5, 0.6) is 0 Å². The average Bonchev–Trinajstić information content (AvgIpc) is 3.37. The molecule has 9 nitrogen and oxygen atoms in total. The molecule has 4 heterocycles. The zero-order chi connectivity index (χ0) is 19.7. The second-order valence-corrected chi connectivity index (χ2v) is 7.25. The number of carbonyl (C=O) groups is 1. The number of hydrogen-bond donors (Lipinski definition) is 1. The van der Waals surface area contributed by atoms with Crippen LogP contribution in [0.4, 0.5) is 4.79 Å². The maximum Gasteiger partial charge on any atom is 0.318 e. The first kappa shape index (κ1) is 18.1. The van der Waals surface area contributed by atoms with Crippen LogP contribution in [0, 0.1) is 0 Å². The molecular formula is C19H24N8O. The minimum Gasteiger partial charge on any atom is -0.334 e. The minimum absolute atomic E-state index is 0.105. The molecule has 0 aliphatic carbocycles. The lowest BCUT2D eigenvalue weighted by Crippen LogP contribution is -2.46. The number of aromatic nitrogens is 6. The number of pyridine rings is 1. The third kappa shape index (κ3) is 3.35. The normalized spacial score (nSPS) is 16.3. The van der Waals surface area contributed by atoms with Crippen molar-refractivity contribution in [3.8, 4) is 5.82 Å². The molecule has 1 atom stereocenters. The van der Waals surface area contributed by atoms with E-state index in [1.54, 1.807) is 23.6 Å². The van der Waals surface area contributed by atoms with Crippen LogP contribution in [0.1, 0.15) is 49.9 Å². The van der Waals surface area contributed by atoms with Gasteiger partial charge in [0.2, 0.25) is 0 Å². The van der Waals surface area contributed by atoms with Gasteiger partial charge < -0.3 is 14.8 Å². The number of nitrogens with zero attached hydrogens (tertiary/aromatic N) is 7. The molecule has 4 rings (SSSR count). The van der Waals surface area contributed by atoms with E-state index in [-0.39, 0.29) is 12.1 Å². The molecule has 0 spiro atoms. The second-order valence-electron chi connectivity index (χ2n) is 7.25. The highest BCUT2D eigenvalue weighted by Gasteiger charge is 2.31. The lowest BCUT2D eigenvalue weighted by molar-refractivity contribution is 0.159. The number of imidazole rings is 1. The van der Waals surface area contributed by atoms with E-state index >= 15 is 0 Å². The molecule has 0 fully saturated rings. The van der Waals surface area contributed by atoms with E-state index in [2.05, 4.69) is 43.9 Å². The molecular weight excluding hydrogens is 356 g/mol. The van der Waals surface area contributed by atoms with Gasteiger partial charge in [-0.1, -0.05) is 19.9 Å². The van der Waals surface area contributed by atoms with Gasteiger partial charge in [-0.15, -0.1) is 10.2 Å². The smallest absolute Gasteiger partial charge is 0.318 e. The summed E-state index contributed by atoms with van der Waals surface area (Å²) in [6.45, 7) is 7.97. The SMILES string of the molecule is CC(C)c1nnc2n1CCN(C(=O)NCc1ccc(-n3ccnc3)nc1)C2C. The van der Waals surface area contributed by atoms with Crippen LogP contribution in [0.25, 0.3) is 5.82 Å². The molecule has 146 valence electrons. The quantitative estimate of drug-likeness (QED) is 0.749. The van der Waals surface area contributed by atoms with Gasteiger partial charge >= 0.3 is 6.03 Å². The number of hydrogen-bond acceptors (Lipinski definition) is 5. The van der Waals surface area contributed by atoms with Gasteiger partial charge in [-0.3, -0.25) is 4.57 Å². The number of amides is 2. The van der Waals surface area contributed by atoms with Gasteiger partial charge in [-0.05, 0) is 18.6 Å². The Labute approximate surface area is 163 Å². The van der Waals surface area contributed by atoms with Gasteiger partial charge in [-0.2, -0.15) is 0 Å². The Bertz CT molecular complexity index is 945. The first-order valence-electron chi connectivity index (χ1n) is 9.45. The largest absolute Gasteiger partial charge is 0.334 e. The standard InChI is InChI=1S/C19H24N8O/c1-13(2)17-23-24-18-14(3)26(8-9-27(17)18)19(28)22-11-15-4-5-16(21-10-15)25-7-6-20-12-25/h4-7,10,12-14H,8-9,11H2,1-3H3,(H,22,28). The third-order valence-electron chi connectivity index (χ3n) is 5.01. The zero-order valence-corrected chi connectivity index (χ0v) is 16.3. The van der Waals surface area contributed by atoms with E-state index in [9.17, 15) is 4.79 Å². The first-order valence-corrected chi connectivity index (χ1v) is 9.45. The zero-order valence-electron chi connectivity index (χ0n) is 16.3. The Morgan fingerprint density at radius 3 is 2.82 bits per heavy atom. The van der Waals surface area contributed by atoms with Crippen molar-refractivity contribution in [2.75, 3.05) is 6.54 Å². The summed E-state index contributed by atoms with van der Waals surface area (Å²) in [6.07, 6.45) is 7.01. The summed E-state index contributed by atoms with van der Waals surface area (Å²) in [6, 6.07) is 3.64. The number of nitrogens with one attached hydrogen (secondary N) is 1. The fourth-order valence-corrected chi connectivity index (χ4v) is 3.46. The van der Waals surface area contributed by atoms with Crippen LogP contribution in [0.15, 0.2) is 37.1 Å². The number of urea groups is 1. The van der Waals surface area contributed by atoms with Gasteiger partial charge in [0.1, 0.15) is 18.0 Å².